The van der Waals surface area contributed by atoms with Crippen molar-refractivity contribution in [1.82, 2.24) is 4.72 Å². The van der Waals surface area contributed by atoms with Gasteiger partial charge < -0.3 is 9.47 Å². The average Bonchev–Trinajstić information content (AvgIpc) is 2.72. The Morgan fingerprint density at radius 3 is 2.32 bits per heavy atom. The summed E-state index contributed by atoms with van der Waals surface area (Å²) in [5.41, 5.74) is 4.52. The Labute approximate surface area is 167 Å². The highest BCUT2D eigenvalue weighted by molar-refractivity contribution is 7.89. The Kier molecular flexibility index (Phi) is 5.34. The Morgan fingerprint density at radius 1 is 0.893 bits per heavy atom. The van der Waals surface area contributed by atoms with Crippen molar-refractivity contribution in [1.29, 1.82) is 0 Å². The van der Waals surface area contributed by atoms with Gasteiger partial charge in [0.1, 0.15) is 16.4 Å². The maximum atomic E-state index is 13.3. The maximum absolute atomic E-state index is 13.3. The Bertz CT molecular complexity index is 984. The van der Waals surface area contributed by atoms with Gasteiger partial charge in [0.05, 0.1) is 14.2 Å². The van der Waals surface area contributed by atoms with Crippen LogP contribution in [0.2, 0.25) is 0 Å². The van der Waals surface area contributed by atoms with E-state index >= 15 is 0 Å². The van der Waals surface area contributed by atoms with Crippen molar-refractivity contribution in [2.45, 2.75) is 55.9 Å². The summed E-state index contributed by atoms with van der Waals surface area (Å²) in [4.78, 5) is 0.247. The molecule has 1 N–H and O–H groups in total. The van der Waals surface area contributed by atoms with Gasteiger partial charge >= 0.3 is 0 Å². The largest absolute Gasteiger partial charge is 0.497 e. The molecular weight excluding hydrogens is 374 g/mol. The molecule has 2 aromatic carbocycles. The van der Waals surface area contributed by atoms with Crippen LogP contribution in [0.4, 0.5) is 0 Å². The first kappa shape index (κ1) is 19.3. The second-order valence-corrected chi connectivity index (χ2v) is 9.29. The highest BCUT2D eigenvalue weighted by Gasteiger charge is 2.29. The van der Waals surface area contributed by atoms with Crippen LogP contribution in [0.5, 0.6) is 11.5 Å². The highest BCUT2D eigenvalue weighted by Crippen LogP contribution is 2.36. The Hall–Kier alpha value is -2.05. The summed E-state index contributed by atoms with van der Waals surface area (Å²) >= 11 is 0. The van der Waals surface area contributed by atoms with E-state index in [1.165, 1.54) is 12.7 Å². The van der Waals surface area contributed by atoms with Gasteiger partial charge in [0, 0.05) is 6.04 Å². The molecule has 28 heavy (non-hydrogen) atoms. The molecule has 150 valence electrons. The summed E-state index contributed by atoms with van der Waals surface area (Å²) in [7, 11) is -0.521. The third-order valence-corrected chi connectivity index (χ3v) is 7.37. The van der Waals surface area contributed by atoms with Crippen LogP contribution in [0.1, 0.15) is 54.0 Å². The molecule has 5 nitrogen and oxygen atoms in total. The van der Waals surface area contributed by atoms with Crippen molar-refractivity contribution in [3.8, 4) is 11.5 Å². The summed E-state index contributed by atoms with van der Waals surface area (Å²) < 4.78 is 40.3. The normalized spacial score (nSPS) is 18.9. The Balaban J connectivity index is 1.67. The molecule has 0 radical (unpaired) electrons. The van der Waals surface area contributed by atoms with E-state index in [9.17, 15) is 8.42 Å². The number of aryl methyl sites for hydroxylation is 3. The fraction of sp³-hybridized carbons (Fsp3) is 0.455. The molecule has 2 aromatic rings. The smallest absolute Gasteiger partial charge is 0.244 e. The number of ether oxygens (including phenoxy) is 2. The van der Waals surface area contributed by atoms with Gasteiger partial charge in [-0.25, -0.2) is 13.1 Å². The summed E-state index contributed by atoms with van der Waals surface area (Å²) in [5, 5.41) is 0. The minimum atomic E-state index is -3.70. The van der Waals surface area contributed by atoms with Crippen LogP contribution in [0.15, 0.2) is 35.2 Å². The van der Waals surface area contributed by atoms with Crippen molar-refractivity contribution in [3.63, 3.8) is 0 Å². The van der Waals surface area contributed by atoms with Crippen molar-refractivity contribution in [2.24, 2.45) is 0 Å². The third kappa shape index (κ3) is 3.63. The number of hydrogen-bond donors (Lipinski definition) is 1. The van der Waals surface area contributed by atoms with E-state index in [0.29, 0.717) is 5.75 Å². The predicted octanol–water partition coefficient (Wildman–Crippen LogP) is 3.94. The molecule has 2 aliphatic carbocycles. The SMILES string of the molecule is COc1ccc2c(c1)CCCC2NS(=O)(=O)c1cc2c(cc1OC)CCCC2. The number of fused-ring (bicyclic) bond motifs is 2. The van der Waals surface area contributed by atoms with Gasteiger partial charge in [0.2, 0.25) is 10.0 Å². The van der Waals surface area contributed by atoms with E-state index in [4.69, 9.17) is 9.47 Å². The molecule has 0 saturated heterocycles. The number of benzene rings is 2. The molecule has 0 amide bonds. The molecule has 0 bridgehead atoms. The van der Waals surface area contributed by atoms with Crippen molar-refractivity contribution in [3.05, 3.63) is 52.6 Å². The zero-order chi connectivity index (χ0) is 19.7. The predicted molar refractivity (Wildman–Crippen MR) is 109 cm³/mol. The van der Waals surface area contributed by atoms with E-state index in [1.807, 2.05) is 30.3 Å². The summed E-state index contributed by atoms with van der Waals surface area (Å²) in [5.74, 6) is 1.23. The van der Waals surface area contributed by atoms with E-state index in [-0.39, 0.29) is 10.9 Å². The maximum Gasteiger partial charge on any atom is 0.244 e. The van der Waals surface area contributed by atoms with Gasteiger partial charge in [-0.05, 0) is 91.5 Å². The van der Waals surface area contributed by atoms with Crippen LogP contribution in [0.25, 0.3) is 0 Å². The first-order chi connectivity index (χ1) is 13.5. The van der Waals surface area contributed by atoms with Gasteiger partial charge in [0.25, 0.3) is 0 Å². The second kappa shape index (κ2) is 7.76. The lowest BCUT2D eigenvalue weighted by molar-refractivity contribution is 0.400. The zero-order valence-corrected chi connectivity index (χ0v) is 17.3. The standard InChI is InChI=1S/C22H27NO4S/c1-26-18-10-11-19-17(12-18)8-5-9-20(19)23-28(24,25)22-14-16-7-4-3-6-15(16)13-21(22)27-2/h10-14,20,23H,3-9H2,1-2H3. The van der Waals surface area contributed by atoms with Crippen LogP contribution >= 0.6 is 0 Å². The van der Waals surface area contributed by atoms with Gasteiger partial charge in [-0.15, -0.1) is 0 Å². The number of sulfonamides is 1. The van der Waals surface area contributed by atoms with Gasteiger partial charge in [-0.1, -0.05) is 6.07 Å². The van der Waals surface area contributed by atoms with Gasteiger partial charge in [0.15, 0.2) is 0 Å². The van der Waals surface area contributed by atoms with Crippen LogP contribution in [-0.2, 0) is 29.3 Å². The summed E-state index contributed by atoms with van der Waals surface area (Å²) in [6.07, 6.45) is 6.81. The van der Waals surface area contributed by atoms with E-state index in [0.717, 1.165) is 67.4 Å². The quantitative estimate of drug-likeness (QED) is 0.824. The minimum Gasteiger partial charge on any atom is -0.497 e. The molecule has 6 heteroatoms. The molecule has 0 aliphatic heterocycles. The Morgan fingerprint density at radius 2 is 1.61 bits per heavy atom. The van der Waals surface area contributed by atoms with E-state index < -0.39 is 10.0 Å². The van der Waals surface area contributed by atoms with E-state index in [2.05, 4.69) is 4.72 Å². The lowest BCUT2D eigenvalue weighted by Crippen LogP contribution is -2.31. The molecule has 0 heterocycles. The van der Waals surface area contributed by atoms with Crippen molar-refractivity contribution < 1.29 is 17.9 Å². The summed E-state index contributed by atoms with van der Waals surface area (Å²) in [6, 6.07) is 9.36. The van der Waals surface area contributed by atoms with Crippen LogP contribution in [-0.4, -0.2) is 22.6 Å². The first-order valence-corrected chi connectivity index (χ1v) is 11.4. The molecule has 0 saturated carbocycles. The molecule has 1 unspecified atom stereocenters. The molecule has 0 aromatic heterocycles. The lowest BCUT2D eigenvalue weighted by atomic mass is 9.88. The molecule has 0 fully saturated rings. The number of methoxy groups -OCH3 is 2. The van der Waals surface area contributed by atoms with Crippen LogP contribution < -0.4 is 14.2 Å². The van der Waals surface area contributed by atoms with Gasteiger partial charge in [-0.2, -0.15) is 0 Å². The number of hydrogen-bond acceptors (Lipinski definition) is 4. The molecule has 1 atom stereocenters. The first-order valence-electron chi connectivity index (χ1n) is 9.91. The monoisotopic (exact) mass is 401 g/mol. The van der Waals surface area contributed by atoms with Crippen molar-refractivity contribution in [2.75, 3.05) is 14.2 Å². The van der Waals surface area contributed by atoms with E-state index in [1.54, 1.807) is 7.11 Å². The average molecular weight is 402 g/mol. The molecular formula is C22H27NO4S. The topological polar surface area (TPSA) is 64.6 Å². The second-order valence-electron chi connectivity index (χ2n) is 7.61. The van der Waals surface area contributed by atoms with Crippen molar-refractivity contribution >= 4 is 10.0 Å². The summed E-state index contributed by atoms with van der Waals surface area (Å²) in [6.45, 7) is 0. The molecule has 2 aliphatic rings. The fourth-order valence-corrected chi connectivity index (χ4v) is 5.85. The number of rotatable bonds is 5. The third-order valence-electron chi connectivity index (χ3n) is 5.88. The molecule has 0 spiro atoms. The fourth-order valence-electron chi connectivity index (χ4n) is 4.40. The number of nitrogens with one attached hydrogen (secondary N) is 1. The van der Waals surface area contributed by atoms with Crippen LogP contribution in [0, 0.1) is 0 Å². The highest BCUT2D eigenvalue weighted by atomic mass is 32.2. The lowest BCUT2D eigenvalue weighted by Gasteiger charge is -2.27. The minimum absolute atomic E-state index is 0.236. The molecule has 4 rings (SSSR count). The van der Waals surface area contributed by atoms with Gasteiger partial charge in [-0.3, -0.25) is 0 Å². The zero-order valence-electron chi connectivity index (χ0n) is 16.5. The van der Waals surface area contributed by atoms with Crippen LogP contribution in [0.3, 0.4) is 0 Å².